The molecule has 0 N–H and O–H groups in total. The van der Waals surface area contributed by atoms with Gasteiger partial charge in [-0.15, -0.1) is 0 Å². The summed E-state index contributed by atoms with van der Waals surface area (Å²) in [6.07, 6.45) is 0.00470. The highest BCUT2D eigenvalue weighted by atomic mass is 28.4. The third-order valence-corrected chi connectivity index (χ3v) is 9.94. The molecule has 26 heavy (non-hydrogen) atoms. The Balaban J connectivity index is 1.88. The van der Waals surface area contributed by atoms with Gasteiger partial charge in [0.15, 0.2) is 8.32 Å². The second-order valence-electron chi connectivity index (χ2n) is 8.47. The van der Waals surface area contributed by atoms with Gasteiger partial charge in [0.2, 0.25) is 0 Å². The summed E-state index contributed by atoms with van der Waals surface area (Å²) in [5, 5.41) is 0.0962. The maximum atomic E-state index is 12.3. The Labute approximate surface area is 157 Å². The van der Waals surface area contributed by atoms with E-state index in [0.717, 1.165) is 5.56 Å². The van der Waals surface area contributed by atoms with Gasteiger partial charge in [0.05, 0.1) is 5.92 Å². The van der Waals surface area contributed by atoms with Crippen molar-refractivity contribution in [3.63, 3.8) is 0 Å². The van der Waals surface area contributed by atoms with E-state index in [0.29, 0.717) is 26.1 Å². The zero-order valence-corrected chi connectivity index (χ0v) is 17.6. The van der Waals surface area contributed by atoms with Gasteiger partial charge in [-0.25, -0.2) is 4.79 Å². The van der Waals surface area contributed by atoms with Crippen LogP contribution < -0.4 is 0 Å². The first-order valence-corrected chi connectivity index (χ1v) is 12.1. The molecule has 1 aliphatic rings. The largest absolute Gasteiger partial charge is 0.445 e. The van der Waals surface area contributed by atoms with Gasteiger partial charge in [-0.1, -0.05) is 51.1 Å². The lowest BCUT2D eigenvalue weighted by Gasteiger charge is -2.38. The lowest BCUT2D eigenvalue weighted by Crippen LogP contribution is -2.48. The van der Waals surface area contributed by atoms with Crippen molar-refractivity contribution in [2.45, 2.75) is 51.9 Å². The Morgan fingerprint density at radius 1 is 1.23 bits per heavy atom. The smallest absolute Gasteiger partial charge is 0.410 e. The number of nitrogens with zero attached hydrogens (tertiary/aromatic N) is 1. The number of carbonyl (C=O) groups is 2. The van der Waals surface area contributed by atoms with Crippen LogP contribution in [0, 0.1) is 5.92 Å². The van der Waals surface area contributed by atoms with Gasteiger partial charge in [0.25, 0.3) is 0 Å². The van der Waals surface area contributed by atoms with Crippen LogP contribution in [0.2, 0.25) is 18.1 Å². The van der Waals surface area contributed by atoms with Crippen LogP contribution in [0.15, 0.2) is 30.3 Å². The van der Waals surface area contributed by atoms with Crippen LogP contribution in [0.5, 0.6) is 0 Å². The molecule has 1 aliphatic heterocycles. The molecular weight excluding hydrogens is 346 g/mol. The maximum absolute atomic E-state index is 12.3. The second kappa shape index (κ2) is 8.35. The summed E-state index contributed by atoms with van der Waals surface area (Å²) >= 11 is 0. The molecule has 0 bridgehead atoms. The van der Waals surface area contributed by atoms with E-state index in [2.05, 4.69) is 33.9 Å². The van der Waals surface area contributed by atoms with E-state index in [1.54, 1.807) is 4.90 Å². The van der Waals surface area contributed by atoms with Gasteiger partial charge >= 0.3 is 6.09 Å². The normalized spacial score (nSPS) is 18.7. The SMILES string of the molecule is CC(C)(C)[Si](C)(C)OCC1CN(C(=O)OCc2ccccc2)CCC1=O. The molecule has 0 spiro atoms. The number of piperidine rings is 1. The van der Waals surface area contributed by atoms with Crippen LogP contribution in [-0.2, 0) is 20.6 Å². The minimum absolute atomic E-state index is 0.0962. The van der Waals surface area contributed by atoms with Crippen LogP contribution in [-0.4, -0.2) is 44.8 Å². The molecule has 0 radical (unpaired) electrons. The van der Waals surface area contributed by atoms with Crippen molar-refractivity contribution in [1.82, 2.24) is 4.90 Å². The average Bonchev–Trinajstić information content (AvgIpc) is 2.59. The monoisotopic (exact) mass is 377 g/mol. The van der Waals surface area contributed by atoms with Gasteiger partial charge in [0, 0.05) is 26.1 Å². The number of rotatable bonds is 5. The number of ketones is 1. The van der Waals surface area contributed by atoms with Crippen LogP contribution in [0.3, 0.4) is 0 Å². The van der Waals surface area contributed by atoms with Crippen LogP contribution in [0.4, 0.5) is 4.79 Å². The molecule has 1 atom stereocenters. The summed E-state index contributed by atoms with van der Waals surface area (Å²) in [5.41, 5.74) is 0.951. The van der Waals surface area contributed by atoms with E-state index < -0.39 is 8.32 Å². The fourth-order valence-corrected chi connectivity index (χ4v) is 3.61. The van der Waals surface area contributed by atoms with Gasteiger partial charge in [-0.3, -0.25) is 4.79 Å². The van der Waals surface area contributed by atoms with Crippen LogP contribution in [0.25, 0.3) is 0 Å². The summed E-state index contributed by atoms with van der Waals surface area (Å²) in [5.74, 6) is -0.0852. The third kappa shape index (κ3) is 5.41. The first-order chi connectivity index (χ1) is 12.1. The molecule has 1 unspecified atom stereocenters. The Hall–Kier alpha value is -1.66. The molecule has 5 nitrogen and oxygen atoms in total. The van der Waals surface area contributed by atoms with E-state index in [-0.39, 0.29) is 29.4 Å². The molecule has 0 saturated carbocycles. The zero-order valence-electron chi connectivity index (χ0n) is 16.6. The topological polar surface area (TPSA) is 55.8 Å². The summed E-state index contributed by atoms with van der Waals surface area (Å²) in [4.78, 5) is 26.2. The molecule has 1 amide bonds. The van der Waals surface area contributed by atoms with Crippen molar-refractivity contribution in [1.29, 1.82) is 0 Å². The van der Waals surface area contributed by atoms with Crippen molar-refractivity contribution < 1.29 is 18.8 Å². The lowest BCUT2D eigenvalue weighted by atomic mass is 9.98. The van der Waals surface area contributed by atoms with E-state index >= 15 is 0 Å². The predicted octanol–water partition coefficient (Wildman–Crippen LogP) is 4.24. The summed E-state index contributed by atoms with van der Waals surface area (Å²) in [7, 11) is -1.91. The third-order valence-electron chi connectivity index (χ3n) is 5.44. The molecular formula is C20H31NO4Si. The number of hydrogen-bond donors (Lipinski definition) is 0. The summed E-state index contributed by atoms with van der Waals surface area (Å²) < 4.78 is 11.6. The fourth-order valence-electron chi connectivity index (χ4n) is 2.56. The summed E-state index contributed by atoms with van der Waals surface area (Å²) in [6.45, 7) is 12.3. The highest BCUT2D eigenvalue weighted by Gasteiger charge is 2.39. The number of Topliss-reactive ketones (excluding diaryl/α,β-unsaturated/α-hetero) is 1. The number of likely N-dealkylation sites (tertiary alicyclic amines) is 1. The van der Waals surface area contributed by atoms with Crippen molar-refractivity contribution >= 4 is 20.2 Å². The number of ether oxygens (including phenoxy) is 1. The predicted molar refractivity (Wildman–Crippen MR) is 104 cm³/mol. The minimum Gasteiger partial charge on any atom is -0.445 e. The van der Waals surface area contributed by atoms with Crippen molar-refractivity contribution in [2.75, 3.05) is 19.7 Å². The van der Waals surface area contributed by atoms with Gasteiger partial charge < -0.3 is 14.1 Å². The van der Waals surface area contributed by atoms with E-state index in [9.17, 15) is 9.59 Å². The van der Waals surface area contributed by atoms with Crippen molar-refractivity contribution in [2.24, 2.45) is 5.92 Å². The van der Waals surface area contributed by atoms with Crippen LogP contribution in [0.1, 0.15) is 32.8 Å². The van der Waals surface area contributed by atoms with E-state index in [1.165, 1.54) is 0 Å². The molecule has 1 aromatic carbocycles. The molecule has 1 saturated heterocycles. The fraction of sp³-hybridized carbons (Fsp3) is 0.600. The number of carbonyl (C=O) groups excluding carboxylic acids is 2. The molecule has 0 aliphatic carbocycles. The average molecular weight is 378 g/mol. The molecule has 1 fully saturated rings. The van der Waals surface area contributed by atoms with Gasteiger partial charge in [-0.2, -0.15) is 0 Å². The summed E-state index contributed by atoms with van der Waals surface area (Å²) in [6, 6.07) is 9.59. The lowest BCUT2D eigenvalue weighted by molar-refractivity contribution is -0.127. The molecule has 1 heterocycles. The Morgan fingerprint density at radius 3 is 2.50 bits per heavy atom. The Morgan fingerprint density at radius 2 is 1.88 bits per heavy atom. The Kier molecular flexibility index (Phi) is 6.63. The van der Waals surface area contributed by atoms with Crippen LogP contribution >= 0.6 is 0 Å². The number of benzene rings is 1. The van der Waals surface area contributed by atoms with Gasteiger partial charge in [-0.05, 0) is 23.7 Å². The van der Waals surface area contributed by atoms with Crippen molar-refractivity contribution in [3.8, 4) is 0 Å². The van der Waals surface area contributed by atoms with Gasteiger partial charge in [0.1, 0.15) is 12.4 Å². The highest BCUT2D eigenvalue weighted by molar-refractivity contribution is 6.74. The maximum Gasteiger partial charge on any atom is 0.410 e. The number of amides is 1. The molecule has 6 heteroatoms. The van der Waals surface area contributed by atoms with Crippen molar-refractivity contribution in [3.05, 3.63) is 35.9 Å². The molecule has 144 valence electrons. The first-order valence-electron chi connectivity index (χ1n) is 9.22. The molecule has 2 rings (SSSR count). The second-order valence-corrected chi connectivity index (χ2v) is 13.3. The first kappa shape index (κ1) is 20.6. The number of hydrogen-bond acceptors (Lipinski definition) is 4. The molecule has 1 aromatic rings. The van der Waals surface area contributed by atoms with E-state index in [4.69, 9.17) is 9.16 Å². The molecule has 0 aromatic heterocycles. The standard InChI is InChI=1S/C20H31NO4Si/c1-20(2,3)26(4,5)25-15-17-13-21(12-11-18(17)22)19(23)24-14-16-9-7-6-8-10-16/h6-10,17H,11-15H2,1-5H3. The zero-order chi connectivity index (χ0) is 19.4. The quantitative estimate of drug-likeness (QED) is 0.720. The highest BCUT2D eigenvalue weighted by Crippen LogP contribution is 2.37. The van der Waals surface area contributed by atoms with E-state index in [1.807, 2.05) is 30.3 Å². The minimum atomic E-state index is -1.91. The Bertz CT molecular complexity index is 624.